The number of pyridine rings is 2. The summed E-state index contributed by atoms with van der Waals surface area (Å²) >= 11 is 1.63. The second-order valence-electron chi connectivity index (χ2n) is 6.12. The molecule has 5 aromatic rings. The topological polar surface area (TPSA) is 92.0 Å². The molecule has 0 saturated carbocycles. The van der Waals surface area contributed by atoms with Gasteiger partial charge in [-0.15, -0.1) is 11.3 Å². The molecule has 0 aliphatic heterocycles. The molecule has 0 amide bonds. The van der Waals surface area contributed by atoms with Crippen LogP contribution in [0.2, 0.25) is 0 Å². The normalized spacial score (nSPS) is 11.5. The fourth-order valence-electron chi connectivity index (χ4n) is 3.32. The van der Waals surface area contributed by atoms with E-state index >= 15 is 0 Å². The number of nitrogens with two attached hydrogens (primary N) is 1. The first-order valence-electron chi connectivity index (χ1n) is 8.23. The molecule has 0 atom stereocenters. The van der Waals surface area contributed by atoms with E-state index in [2.05, 4.69) is 20.4 Å². The number of fused-ring (bicyclic) bond motifs is 2. The van der Waals surface area contributed by atoms with Gasteiger partial charge in [-0.2, -0.15) is 5.10 Å². The Morgan fingerprint density at radius 1 is 1.15 bits per heavy atom. The van der Waals surface area contributed by atoms with E-state index in [1.165, 1.54) is 0 Å². The summed E-state index contributed by atoms with van der Waals surface area (Å²) < 4.78 is 14.4. The Kier molecular flexibility index (Phi) is 3.41. The van der Waals surface area contributed by atoms with E-state index < -0.39 is 0 Å². The summed E-state index contributed by atoms with van der Waals surface area (Å²) in [5.74, 6) is 1.74. The minimum Gasteiger partial charge on any atom is -0.481 e. The average molecular weight is 377 g/mol. The Hall–Kier alpha value is -3.39. The Morgan fingerprint density at radius 3 is 2.89 bits per heavy atom. The second-order valence-corrected chi connectivity index (χ2v) is 7.03. The van der Waals surface area contributed by atoms with E-state index in [-0.39, 0.29) is 0 Å². The van der Waals surface area contributed by atoms with Gasteiger partial charge in [0.2, 0.25) is 5.88 Å². The van der Waals surface area contributed by atoms with Gasteiger partial charge in [-0.3, -0.25) is 4.98 Å². The van der Waals surface area contributed by atoms with Gasteiger partial charge in [-0.1, -0.05) is 0 Å². The Labute approximate surface area is 158 Å². The molecule has 0 aliphatic carbocycles. The molecule has 8 heteroatoms. The van der Waals surface area contributed by atoms with Crippen molar-refractivity contribution in [3.63, 3.8) is 0 Å². The lowest BCUT2D eigenvalue weighted by Crippen LogP contribution is -1.96. The van der Waals surface area contributed by atoms with Crippen molar-refractivity contribution in [3.8, 4) is 28.3 Å². The van der Waals surface area contributed by atoms with Crippen molar-refractivity contribution < 1.29 is 9.15 Å². The number of nitrogens with zero attached hydrogens (tertiary/aromatic N) is 4. The molecule has 0 unspecified atom stereocenters. The van der Waals surface area contributed by atoms with Gasteiger partial charge in [-0.25, -0.2) is 9.67 Å². The van der Waals surface area contributed by atoms with E-state index in [1.54, 1.807) is 41.7 Å². The Balaban J connectivity index is 1.77. The highest BCUT2D eigenvalue weighted by Gasteiger charge is 2.20. The second kappa shape index (κ2) is 5.82. The number of furan rings is 1. The molecule has 2 N–H and O–H groups in total. The molecule has 0 spiro atoms. The third-order valence-corrected chi connectivity index (χ3v) is 5.53. The van der Waals surface area contributed by atoms with Gasteiger partial charge < -0.3 is 14.9 Å². The van der Waals surface area contributed by atoms with E-state index in [9.17, 15) is 0 Å². The highest BCUT2D eigenvalue weighted by molar-refractivity contribution is 7.17. The lowest BCUT2D eigenvalue weighted by molar-refractivity contribution is 0.375. The van der Waals surface area contributed by atoms with Crippen molar-refractivity contribution in [2.75, 3.05) is 12.8 Å². The number of rotatable bonds is 3. The SMILES string of the molecule is COc1c(-c2cnc(N)c3oc(-c4csc5cnccc45)cc23)cnn1C. The van der Waals surface area contributed by atoms with Gasteiger partial charge in [-0.05, 0) is 12.1 Å². The summed E-state index contributed by atoms with van der Waals surface area (Å²) in [5, 5.41) is 8.33. The van der Waals surface area contributed by atoms with Gasteiger partial charge in [0.05, 0.1) is 23.6 Å². The van der Waals surface area contributed by atoms with Crippen LogP contribution in [0.5, 0.6) is 5.88 Å². The predicted octanol–water partition coefficient (Wildman–Crippen LogP) is 4.10. The molecule has 5 heterocycles. The number of anilines is 1. The lowest BCUT2D eigenvalue weighted by Gasteiger charge is -2.05. The van der Waals surface area contributed by atoms with Gasteiger partial charge in [0, 0.05) is 52.9 Å². The van der Waals surface area contributed by atoms with Crippen molar-refractivity contribution in [2.45, 2.75) is 0 Å². The molecule has 0 bridgehead atoms. The van der Waals surface area contributed by atoms with Crippen molar-refractivity contribution in [2.24, 2.45) is 7.05 Å². The standard InChI is InChI=1S/C19H15N5O2S/c1-24-19(25-2)13(7-23-24)12-6-22-18(20)17-11(12)5-15(26-17)14-9-27-16-8-21-4-3-10(14)16/h3-9H,1-2H3,(H2,20,22). The molecule has 134 valence electrons. The van der Waals surface area contributed by atoms with E-state index in [1.807, 2.05) is 25.4 Å². The monoisotopic (exact) mass is 377 g/mol. The number of nitrogen functional groups attached to an aromatic ring is 1. The summed E-state index contributed by atoms with van der Waals surface area (Å²) in [4.78, 5) is 8.49. The molecule has 0 fully saturated rings. The predicted molar refractivity (Wildman–Crippen MR) is 106 cm³/mol. The number of ether oxygens (including phenoxy) is 1. The zero-order chi connectivity index (χ0) is 18.5. The number of methoxy groups -OCH3 is 1. The fraction of sp³-hybridized carbons (Fsp3) is 0.105. The molecule has 0 radical (unpaired) electrons. The maximum Gasteiger partial charge on any atom is 0.219 e. The first-order valence-corrected chi connectivity index (χ1v) is 9.11. The maximum absolute atomic E-state index is 6.12. The van der Waals surface area contributed by atoms with Gasteiger partial charge >= 0.3 is 0 Å². The van der Waals surface area contributed by atoms with Gasteiger partial charge in [0.15, 0.2) is 11.4 Å². The number of aryl methyl sites for hydroxylation is 1. The van der Waals surface area contributed by atoms with Crippen LogP contribution in [0.4, 0.5) is 5.82 Å². The van der Waals surface area contributed by atoms with Crippen molar-refractivity contribution in [1.82, 2.24) is 19.7 Å². The highest BCUT2D eigenvalue weighted by atomic mass is 32.1. The minimum absolute atomic E-state index is 0.351. The van der Waals surface area contributed by atoms with Crippen LogP contribution in [0, 0.1) is 0 Å². The van der Waals surface area contributed by atoms with Crippen molar-refractivity contribution in [3.05, 3.63) is 42.3 Å². The molecular formula is C19H15N5O2S. The largest absolute Gasteiger partial charge is 0.481 e. The van der Waals surface area contributed by atoms with Crippen LogP contribution < -0.4 is 10.5 Å². The van der Waals surface area contributed by atoms with Gasteiger partial charge in [0.25, 0.3) is 0 Å². The van der Waals surface area contributed by atoms with Crippen LogP contribution >= 0.6 is 11.3 Å². The number of hydrogen-bond acceptors (Lipinski definition) is 7. The molecule has 7 nitrogen and oxygen atoms in total. The van der Waals surface area contributed by atoms with Crippen LogP contribution in [0.3, 0.4) is 0 Å². The zero-order valence-corrected chi connectivity index (χ0v) is 15.4. The Bertz CT molecular complexity index is 1300. The minimum atomic E-state index is 0.351. The van der Waals surface area contributed by atoms with Crippen molar-refractivity contribution in [1.29, 1.82) is 0 Å². The Morgan fingerprint density at radius 2 is 2.04 bits per heavy atom. The lowest BCUT2D eigenvalue weighted by atomic mass is 10.1. The highest BCUT2D eigenvalue weighted by Crippen LogP contribution is 2.41. The molecule has 0 aliphatic rings. The molecule has 0 saturated heterocycles. The van der Waals surface area contributed by atoms with Crippen LogP contribution in [0.15, 0.2) is 46.7 Å². The third-order valence-electron chi connectivity index (χ3n) is 4.60. The smallest absolute Gasteiger partial charge is 0.219 e. The first-order chi connectivity index (χ1) is 13.2. The molecular weight excluding hydrogens is 362 g/mol. The summed E-state index contributed by atoms with van der Waals surface area (Å²) in [5.41, 5.74) is 9.36. The summed E-state index contributed by atoms with van der Waals surface area (Å²) in [6.45, 7) is 0. The van der Waals surface area contributed by atoms with E-state index in [4.69, 9.17) is 14.9 Å². The maximum atomic E-state index is 6.12. The molecule has 0 aromatic carbocycles. The molecule has 5 aromatic heterocycles. The fourth-order valence-corrected chi connectivity index (χ4v) is 4.23. The van der Waals surface area contributed by atoms with Crippen LogP contribution in [-0.4, -0.2) is 26.9 Å². The summed E-state index contributed by atoms with van der Waals surface area (Å²) in [7, 11) is 3.45. The van der Waals surface area contributed by atoms with Crippen LogP contribution in [0.1, 0.15) is 0 Å². The van der Waals surface area contributed by atoms with Crippen LogP contribution in [-0.2, 0) is 7.05 Å². The first kappa shape index (κ1) is 15.8. The van der Waals surface area contributed by atoms with Gasteiger partial charge in [0.1, 0.15) is 5.76 Å². The van der Waals surface area contributed by atoms with Crippen LogP contribution in [0.25, 0.3) is 43.5 Å². The zero-order valence-electron chi connectivity index (χ0n) is 14.6. The van der Waals surface area contributed by atoms with E-state index in [0.29, 0.717) is 17.3 Å². The average Bonchev–Trinajstić information content (AvgIpc) is 3.38. The summed E-state index contributed by atoms with van der Waals surface area (Å²) in [6.07, 6.45) is 7.12. The van der Waals surface area contributed by atoms with E-state index in [0.717, 1.165) is 37.9 Å². The molecule has 5 rings (SSSR count). The molecule has 27 heavy (non-hydrogen) atoms. The number of thiophene rings is 1. The number of aromatic nitrogens is 4. The summed E-state index contributed by atoms with van der Waals surface area (Å²) in [6, 6.07) is 3.98. The quantitative estimate of drug-likeness (QED) is 0.509. The van der Waals surface area contributed by atoms with Crippen molar-refractivity contribution >= 4 is 38.2 Å². The third kappa shape index (κ3) is 2.30. The number of hydrogen-bond donors (Lipinski definition) is 1.